The number of alkyl halides is 1. The molecular formula is C11H13ClFN3O2. The van der Waals surface area contributed by atoms with Gasteiger partial charge >= 0.3 is 0 Å². The van der Waals surface area contributed by atoms with Crippen molar-refractivity contribution in [1.29, 1.82) is 0 Å². The third-order valence-corrected chi connectivity index (χ3v) is 2.27. The van der Waals surface area contributed by atoms with Crippen LogP contribution in [0.2, 0.25) is 0 Å². The van der Waals surface area contributed by atoms with Crippen molar-refractivity contribution in [3.05, 3.63) is 24.0 Å². The van der Waals surface area contributed by atoms with Crippen LogP contribution in [0.15, 0.2) is 18.2 Å². The number of nitrogens with one attached hydrogen (secondary N) is 2. The number of rotatable bonds is 5. The zero-order valence-electron chi connectivity index (χ0n) is 9.50. The topological polar surface area (TPSA) is 84.2 Å². The summed E-state index contributed by atoms with van der Waals surface area (Å²) in [6, 6.07) is 3.62. The molecule has 4 N–H and O–H groups in total. The van der Waals surface area contributed by atoms with E-state index in [2.05, 4.69) is 10.6 Å². The van der Waals surface area contributed by atoms with Crippen molar-refractivity contribution in [2.45, 2.75) is 6.42 Å². The summed E-state index contributed by atoms with van der Waals surface area (Å²) in [6.45, 7) is 0.185. The molecule has 5 nitrogen and oxygen atoms in total. The van der Waals surface area contributed by atoms with Gasteiger partial charge in [0.25, 0.3) is 0 Å². The van der Waals surface area contributed by atoms with Gasteiger partial charge in [-0.05, 0) is 18.2 Å². The molecule has 0 radical (unpaired) electrons. The van der Waals surface area contributed by atoms with Crippen molar-refractivity contribution in [3.8, 4) is 0 Å². The summed E-state index contributed by atoms with van der Waals surface area (Å²) >= 11 is 5.35. The Hall–Kier alpha value is -1.66. The molecule has 18 heavy (non-hydrogen) atoms. The summed E-state index contributed by atoms with van der Waals surface area (Å²) in [7, 11) is 0. The van der Waals surface area contributed by atoms with Gasteiger partial charge in [-0.25, -0.2) is 4.39 Å². The largest absolute Gasteiger partial charge is 0.330 e. The second-order valence-corrected chi connectivity index (χ2v) is 3.73. The zero-order valence-corrected chi connectivity index (χ0v) is 10.3. The normalized spacial score (nSPS) is 9.94. The van der Waals surface area contributed by atoms with Crippen molar-refractivity contribution in [1.82, 2.24) is 0 Å². The highest BCUT2D eigenvalue weighted by atomic mass is 35.5. The van der Waals surface area contributed by atoms with Gasteiger partial charge in [0, 0.05) is 13.0 Å². The monoisotopic (exact) mass is 273 g/mol. The van der Waals surface area contributed by atoms with E-state index in [9.17, 15) is 14.0 Å². The van der Waals surface area contributed by atoms with Gasteiger partial charge in [-0.1, -0.05) is 0 Å². The maximum Gasteiger partial charge on any atom is 0.239 e. The number of benzene rings is 1. The van der Waals surface area contributed by atoms with Gasteiger partial charge < -0.3 is 16.4 Å². The molecule has 0 fully saturated rings. The summed E-state index contributed by atoms with van der Waals surface area (Å²) in [5, 5.41) is 4.92. The van der Waals surface area contributed by atoms with Gasteiger partial charge in [0.15, 0.2) is 0 Å². The number of carbonyl (C=O) groups is 2. The molecule has 2 amide bonds. The first-order valence-corrected chi connectivity index (χ1v) is 5.75. The molecule has 0 aliphatic rings. The highest BCUT2D eigenvalue weighted by Crippen LogP contribution is 2.23. The van der Waals surface area contributed by atoms with Gasteiger partial charge in [-0.2, -0.15) is 0 Å². The van der Waals surface area contributed by atoms with Gasteiger partial charge in [-0.3, -0.25) is 9.59 Å². The molecule has 1 rings (SSSR count). The maximum atomic E-state index is 13.1. The number of anilines is 2. The Morgan fingerprint density at radius 2 is 1.89 bits per heavy atom. The second-order valence-electron chi connectivity index (χ2n) is 3.46. The lowest BCUT2D eigenvalue weighted by Crippen LogP contribution is -2.19. The molecule has 0 atom stereocenters. The second kappa shape index (κ2) is 6.93. The van der Waals surface area contributed by atoms with E-state index in [0.717, 1.165) is 6.07 Å². The minimum absolute atomic E-state index is 0.111. The number of nitrogens with two attached hydrogens (primary N) is 1. The fraction of sp³-hybridized carbons (Fsp3) is 0.273. The van der Waals surface area contributed by atoms with E-state index in [0.29, 0.717) is 0 Å². The molecule has 0 aliphatic heterocycles. The minimum atomic E-state index is -0.526. The SMILES string of the molecule is NCCC(=O)Nc1cc(F)ccc1NC(=O)CCl. The molecule has 1 aromatic rings. The lowest BCUT2D eigenvalue weighted by molar-refractivity contribution is -0.116. The van der Waals surface area contributed by atoms with Crippen LogP contribution in [0.1, 0.15) is 6.42 Å². The smallest absolute Gasteiger partial charge is 0.239 e. The molecule has 1 aromatic carbocycles. The fourth-order valence-corrected chi connectivity index (χ4v) is 1.32. The molecule has 0 bridgehead atoms. The molecule has 0 saturated carbocycles. The number of hydrogen-bond donors (Lipinski definition) is 3. The van der Waals surface area contributed by atoms with Gasteiger partial charge in [-0.15, -0.1) is 11.6 Å². The summed E-state index contributed by atoms with van der Waals surface area (Å²) in [5.74, 6) is -1.56. The molecule has 0 saturated heterocycles. The molecule has 0 aliphatic carbocycles. The number of halogens is 2. The van der Waals surface area contributed by atoms with Crippen molar-refractivity contribution < 1.29 is 14.0 Å². The Kier molecular flexibility index (Phi) is 5.54. The predicted molar refractivity (Wildman–Crippen MR) is 68.1 cm³/mol. The Balaban J connectivity index is 2.89. The van der Waals surface area contributed by atoms with Crippen LogP contribution in [0.4, 0.5) is 15.8 Å². The van der Waals surface area contributed by atoms with E-state index in [4.69, 9.17) is 17.3 Å². The quantitative estimate of drug-likeness (QED) is 0.707. The average Bonchev–Trinajstić information content (AvgIpc) is 2.32. The standard InChI is InChI=1S/C11H13ClFN3O2/c12-6-11(18)15-8-2-1-7(13)5-9(8)16-10(17)3-4-14/h1-2,5H,3-4,6,14H2,(H,15,18)(H,16,17). The van der Waals surface area contributed by atoms with Crippen LogP contribution in [-0.4, -0.2) is 24.2 Å². The van der Waals surface area contributed by atoms with Crippen molar-refractivity contribution in [2.75, 3.05) is 23.1 Å². The third kappa shape index (κ3) is 4.31. The van der Waals surface area contributed by atoms with Crippen LogP contribution in [-0.2, 0) is 9.59 Å². The van der Waals surface area contributed by atoms with Gasteiger partial charge in [0.1, 0.15) is 11.7 Å². The Bertz CT molecular complexity index is 454. The molecule has 7 heteroatoms. The highest BCUT2D eigenvalue weighted by molar-refractivity contribution is 6.29. The third-order valence-electron chi connectivity index (χ3n) is 2.02. The van der Waals surface area contributed by atoms with Crippen molar-refractivity contribution in [2.24, 2.45) is 5.73 Å². The average molecular weight is 274 g/mol. The van der Waals surface area contributed by atoms with E-state index < -0.39 is 11.7 Å². The lowest BCUT2D eigenvalue weighted by Gasteiger charge is -2.11. The van der Waals surface area contributed by atoms with E-state index in [1.54, 1.807) is 0 Å². The van der Waals surface area contributed by atoms with E-state index >= 15 is 0 Å². The molecule has 0 aromatic heterocycles. The minimum Gasteiger partial charge on any atom is -0.330 e. The van der Waals surface area contributed by atoms with E-state index in [1.165, 1.54) is 12.1 Å². The number of carbonyl (C=O) groups excluding carboxylic acids is 2. The summed E-state index contributed by atoms with van der Waals surface area (Å²) in [4.78, 5) is 22.5. The molecule has 98 valence electrons. The van der Waals surface area contributed by atoms with E-state index in [1.807, 2.05) is 0 Å². The Morgan fingerprint density at radius 1 is 1.22 bits per heavy atom. The van der Waals surface area contributed by atoms with Gasteiger partial charge in [0.05, 0.1) is 11.4 Å². The highest BCUT2D eigenvalue weighted by Gasteiger charge is 2.10. The predicted octanol–water partition coefficient (Wildman–Crippen LogP) is 1.29. The number of hydrogen-bond acceptors (Lipinski definition) is 3. The molecule has 0 unspecified atom stereocenters. The summed E-state index contributed by atoms with van der Waals surface area (Å²) in [5.41, 5.74) is 5.69. The molecule has 0 heterocycles. The van der Waals surface area contributed by atoms with Crippen LogP contribution in [0.5, 0.6) is 0 Å². The first-order chi connectivity index (χ1) is 8.56. The van der Waals surface area contributed by atoms with Gasteiger partial charge in [0.2, 0.25) is 11.8 Å². The van der Waals surface area contributed by atoms with Crippen LogP contribution < -0.4 is 16.4 Å². The van der Waals surface area contributed by atoms with Crippen LogP contribution >= 0.6 is 11.6 Å². The fourth-order valence-electron chi connectivity index (χ4n) is 1.26. The zero-order chi connectivity index (χ0) is 13.5. The van der Waals surface area contributed by atoms with E-state index in [-0.39, 0.29) is 36.1 Å². The lowest BCUT2D eigenvalue weighted by atomic mass is 10.2. The van der Waals surface area contributed by atoms with Crippen LogP contribution in [0.3, 0.4) is 0 Å². The molecule has 0 spiro atoms. The summed E-state index contributed by atoms with van der Waals surface area (Å²) < 4.78 is 13.1. The molecular weight excluding hydrogens is 261 g/mol. The van der Waals surface area contributed by atoms with Crippen LogP contribution in [0, 0.1) is 5.82 Å². The van der Waals surface area contributed by atoms with Crippen molar-refractivity contribution >= 4 is 34.8 Å². The maximum absolute atomic E-state index is 13.1. The Morgan fingerprint density at radius 3 is 2.50 bits per heavy atom. The van der Waals surface area contributed by atoms with Crippen molar-refractivity contribution in [3.63, 3.8) is 0 Å². The first kappa shape index (κ1) is 14.4. The Labute approximate surface area is 108 Å². The first-order valence-electron chi connectivity index (χ1n) is 5.22. The summed E-state index contributed by atoms with van der Waals surface area (Å²) in [6.07, 6.45) is 0.111. The number of amides is 2. The van der Waals surface area contributed by atoms with Crippen LogP contribution in [0.25, 0.3) is 0 Å².